The van der Waals surface area contributed by atoms with Gasteiger partial charge in [-0.3, -0.25) is 4.79 Å². The lowest BCUT2D eigenvalue weighted by atomic mass is 9.84. The average Bonchev–Trinajstić information content (AvgIpc) is 2.04. The summed E-state index contributed by atoms with van der Waals surface area (Å²) in [6.45, 7) is 5.58. The molecular formula is C11H16O2. The first-order valence-corrected chi connectivity index (χ1v) is 4.61. The Morgan fingerprint density at radius 2 is 2.15 bits per heavy atom. The van der Waals surface area contributed by atoms with Gasteiger partial charge in [0.2, 0.25) is 0 Å². The molecule has 13 heavy (non-hydrogen) atoms. The second-order valence-corrected chi connectivity index (χ2v) is 3.69. The van der Waals surface area contributed by atoms with Gasteiger partial charge in [0.1, 0.15) is 5.60 Å². The number of allylic oxidation sites excluding steroid dienone is 2. The first-order valence-electron chi connectivity index (χ1n) is 4.61. The molecule has 0 saturated heterocycles. The molecule has 2 nitrogen and oxygen atoms in total. The SMILES string of the molecule is CC(=O)OC1(C(C)C)C=CC=CC1. The molecule has 0 aliphatic heterocycles. The summed E-state index contributed by atoms with van der Waals surface area (Å²) in [5, 5.41) is 0. The molecule has 1 rings (SSSR count). The van der Waals surface area contributed by atoms with Gasteiger partial charge in [-0.05, 0) is 12.0 Å². The number of rotatable bonds is 2. The summed E-state index contributed by atoms with van der Waals surface area (Å²) in [4.78, 5) is 10.9. The molecule has 0 amide bonds. The molecular weight excluding hydrogens is 164 g/mol. The van der Waals surface area contributed by atoms with Crippen molar-refractivity contribution in [3.8, 4) is 0 Å². The Morgan fingerprint density at radius 1 is 1.46 bits per heavy atom. The zero-order chi connectivity index (χ0) is 9.90. The highest BCUT2D eigenvalue weighted by atomic mass is 16.6. The van der Waals surface area contributed by atoms with Crippen LogP contribution < -0.4 is 0 Å². The normalized spacial score (nSPS) is 26.5. The summed E-state index contributed by atoms with van der Waals surface area (Å²) in [5.74, 6) is 0.0891. The summed E-state index contributed by atoms with van der Waals surface area (Å²) in [6, 6.07) is 0. The van der Waals surface area contributed by atoms with Crippen molar-refractivity contribution in [2.45, 2.75) is 32.8 Å². The summed E-state index contributed by atoms with van der Waals surface area (Å²) in [5.41, 5.74) is -0.416. The van der Waals surface area contributed by atoms with Gasteiger partial charge in [-0.2, -0.15) is 0 Å². The predicted octanol–water partition coefficient (Wildman–Crippen LogP) is 2.46. The molecule has 0 bridgehead atoms. The zero-order valence-electron chi connectivity index (χ0n) is 8.41. The highest BCUT2D eigenvalue weighted by molar-refractivity contribution is 5.67. The molecule has 0 saturated carbocycles. The van der Waals surface area contributed by atoms with E-state index in [9.17, 15) is 4.79 Å². The number of ether oxygens (including phenoxy) is 1. The third-order valence-electron chi connectivity index (χ3n) is 2.37. The second kappa shape index (κ2) is 3.77. The highest BCUT2D eigenvalue weighted by Crippen LogP contribution is 2.30. The Labute approximate surface area is 79.3 Å². The van der Waals surface area contributed by atoms with E-state index in [4.69, 9.17) is 4.74 Å². The van der Waals surface area contributed by atoms with Crippen molar-refractivity contribution in [3.63, 3.8) is 0 Å². The first-order chi connectivity index (χ1) is 6.07. The molecule has 0 spiro atoms. The standard InChI is InChI=1S/C11H16O2/c1-9(2)11(13-10(3)12)7-5-4-6-8-11/h4-7,9H,8H2,1-3H3. The van der Waals surface area contributed by atoms with E-state index in [1.165, 1.54) is 6.92 Å². The minimum Gasteiger partial charge on any atom is -0.454 e. The maximum absolute atomic E-state index is 10.9. The fraction of sp³-hybridized carbons (Fsp3) is 0.545. The van der Waals surface area contributed by atoms with Gasteiger partial charge in [0.25, 0.3) is 0 Å². The quantitative estimate of drug-likeness (QED) is 0.610. The molecule has 2 heteroatoms. The smallest absolute Gasteiger partial charge is 0.303 e. The number of hydrogen-bond acceptors (Lipinski definition) is 2. The largest absolute Gasteiger partial charge is 0.454 e. The second-order valence-electron chi connectivity index (χ2n) is 3.69. The minimum atomic E-state index is -0.416. The van der Waals surface area contributed by atoms with Gasteiger partial charge in [-0.1, -0.05) is 32.1 Å². The van der Waals surface area contributed by atoms with E-state index in [-0.39, 0.29) is 5.97 Å². The van der Waals surface area contributed by atoms with Crippen molar-refractivity contribution in [2.75, 3.05) is 0 Å². The number of carbonyl (C=O) groups excluding carboxylic acids is 1. The van der Waals surface area contributed by atoms with E-state index in [1.807, 2.05) is 24.3 Å². The van der Waals surface area contributed by atoms with Gasteiger partial charge in [0, 0.05) is 13.3 Å². The van der Waals surface area contributed by atoms with Crippen LogP contribution in [0, 0.1) is 5.92 Å². The molecule has 0 aromatic heterocycles. The van der Waals surface area contributed by atoms with Gasteiger partial charge < -0.3 is 4.74 Å². The van der Waals surface area contributed by atoms with Crippen LogP contribution in [0.5, 0.6) is 0 Å². The lowest BCUT2D eigenvalue weighted by molar-refractivity contribution is -0.155. The van der Waals surface area contributed by atoms with Crippen LogP contribution >= 0.6 is 0 Å². The van der Waals surface area contributed by atoms with Crippen molar-refractivity contribution < 1.29 is 9.53 Å². The van der Waals surface area contributed by atoms with Crippen LogP contribution in [-0.4, -0.2) is 11.6 Å². The topological polar surface area (TPSA) is 26.3 Å². The maximum atomic E-state index is 10.9. The molecule has 0 aromatic rings. The maximum Gasteiger partial charge on any atom is 0.303 e. The van der Waals surface area contributed by atoms with Crippen LogP contribution in [0.2, 0.25) is 0 Å². The van der Waals surface area contributed by atoms with Crippen LogP contribution in [0.15, 0.2) is 24.3 Å². The Morgan fingerprint density at radius 3 is 2.54 bits per heavy atom. The molecule has 1 aliphatic carbocycles. The molecule has 0 N–H and O–H groups in total. The summed E-state index contributed by atoms with van der Waals surface area (Å²) >= 11 is 0. The lowest BCUT2D eigenvalue weighted by Crippen LogP contribution is -2.38. The number of esters is 1. The molecule has 0 radical (unpaired) electrons. The van der Waals surface area contributed by atoms with Gasteiger partial charge >= 0.3 is 5.97 Å². The average molecular weight is 180 g/mol. The first kappa shape index (κ1) is 10.0. The number of carbonyl (C=O) groups is 1. The molecule has 72 valence electrons. The minimum absolute atomic E-state index is 0.214. The molecule has 1 atom stereocenters. The lowest BCUT2D eigenvalue weighted by Gasteiger charge is -2.34. The van der Waals surface area contributed by atoms with Crippen LogP contribution in [0.3, 0.4) is 0 Å². The van der Waals surface area contributed by atoms with Gasteiger partial charge in [-0.25, -0.2) is 0 Å². The fourth-order valence-corrected chi connectivity index (χ4v) is 1.51. The molecule has 0 aromatic carbocycles. The van der Waals surface area contributed by atoms with E-state index in [0.717, 1.165) is 6.42 Å². The molecule has 1 unspecified atom stereocenters. The summed E-state index contributed by atoms with van der Waals surface area (Å²) in [7, 11) is 0. The third kappa shape index (κ3) is 2.20. The van der Waals surface area contributed by atoms with Crippen molar-refractivity contribution in [3.05, 3.63) is 24.3 Å². The Bertz CT molecular complexity index is 251. The van der Waals surface area contributed by atoms with Crippen molar-refractivity contribution >= 4 is 5.97 Å². The van der Waals surface area contributed by atoms with Gasteiger partial charge in [0.15, 0.2) is 0 Å². The fourth-order valence-electron chi connectivity index (χ4n) is 1.51. The predicted molar refractivity (Wildman–Crippen MR) is 52.2 cm³/mol. The van der Waals surface area contributed by atoms with E-state index >= 15 is 0 Å². The molecule has 1 aliphatic rings. The van der Waals surface area contributed by atoms with Crippen molar-refractivity contribution in [2.24, 2.45) is 5.92 Å². The van der Waals surface area contributed by atoms with E-state index in [0.29, 0.717) is 5.92 Å². The van der Waals surface area contributed by atoms with Crippen molar-refractivity contribution in [1.29, 1.82) is 0 Å². The Kier molecular flexibility index (Phi) is 2.91. The van der Waals surface area contributed by atoms with Crippen LogP contribution in [0.4, 0.5) is 0 Å². The Balaban J connectivity index is 2.82. The summed E-state index contributed by atoms with van der Waals surface area (Å²) < 4.78 is 5.36. The van der Waals surface area contributed by atoms with E-state index < -0.39 is 5.60 Å². The molecule has 0 fully saturated rings. The zero-order valence-corrected chi connectivity index (χ0v) is 8.41. The van der Waals surface area contributed by atoms with Gasteiger partial charge in [0.05, 0.1) is 0 Å². The van der Waals surface area contributed by atoms with Gasteiger partial charge in [-0.15, -0.1) is 0 Å². The highest BCUT2D eigenvalue weighted by Gasteiger charge is 2.33. The van der Waals surface area contributed by atoms with Crippen molar-refractivity contribution in [1.82, 2.24) is 0 Å². The summed E-state index contributed by atoms with van der Waals surface area (Å²) in [6.07, 6.45) is 8.69. The van der Waals surface area contributed by atoms with Crippen LogP contribution in [-0.2, 0) is 9.53 Å². The van der Waals surface area contributed by atoms with Crippen LogP contribution in [0.25, 0.3) is 0 Å². The van der Waals surface area contributed by atoms with E-state index in [1.54, 1.807) is 0 Å². The van der Waals surface area contributed by atoms with E-state index in [2.05, 4.69) is 13.8 Å². The number of hydrogen-bond donors (Lipinski definition) is 0. The Hall–Kier alpha value is -1.05. The third-order valence-corrected chi connectivity index (χ3v) is 2.37. The molecule has 0 heterocycles. The van der Waals surface area contributed by atoms with Crippen LogP contribution in [0.1, 0.15) is 27.2 Å². The monoisotopic (exact) mass is 180 g/mol.